The highest BCUT2D eigenvalue weighted by Gasteiger charge is 2.18. The number of fused-ring (bicyclic) bond motifs is 6. The summed E-state index contributed by atoms with van der Waals surface area (Å²) >= 11 is 1.46. The predicted molar refractivity (Wildman–Crippen MR) is 133 cm³/mol. The van der Waals surface area contributed by atoms with Crippen LogP contribution in [0.1, 0.15) is 26.1 Å². The molecular formula is C24H22N8OS. The van der Waals surface area contributed by atoms with Gasteiger partial charge in [-0.3, -0.25) is 13.8 Å². The minimum atomic E-state index is -0.0565. The van der Waals surface area contributed by atoms with Crippen molar-refractivity contribution in [3.8, 4) is 0 Å². The summed E-state index contributed by atoms with van der Waals surface area (Å²) in [6.07, 6.45) is 0.998. The van der Waals surface area contributed by atoms with Crippen LogP contribution in [0.3, 0.4) is 0 Å². The van der Waals surface area contributed by atoms with E-state index in [1.807, 2.05) is 47.7 Å². The van der Waals surface area contributed by atoms with Crippen molar-refractivity contribution in [3.63, 3.8) is 0 Å². The lowest BCUT2D eigenvalue weighted by atomic mass is 10.2. The molecule has 34 heavy (non-hydrogen) atoms. The van der Waals surface area contributed by atoms with Crippen LogP contribution in [0.25, 0.3) is 38.7 Å². The van der Waals surface area contributed by atoms with Gasteiger partial charge in [0, 0.05) is 18.5 Å². The van der Waals surface area contributed by atoms with Crippen LogP contribution in [0.5, 0.6) is 0 Å². The lowest BCUT2D eigenvalue weighted by Crippen LogP contribution is -2.22. The van der Waals surface area contributed by atoms with Gasteiger partial charge in [0.15, 0.2) is 5.65 Å². The van der Waals surface area contributed by atoms with Crippen molar-refractivity contribution in [2.24, 2.45) is 0 Å². The number of aromatic nitrogens is 8. The highest BCUT2D eigenvalue weighted by molar-refractivity contribution is 7.98. The lowest BCUT2D eigenvalue weighted by Gasteiger charge is -2.09. The van der Waals surface area contributed by atoms with Gasteiger partial charge in [-0.1, -0.05) is 49.0 Å². The topological polar surface area (TPSA) is 95.8 Å². The molecule has 0 radical (unpaired) electrons. The molecule has 0 saturated carbocycles. The van der Waals surface area contributed by atoms with Crippen LogP contribution in [0.15, 0.2) is 58.5 Å². The van der Waals surface area contributed by atoms with Crippen LogP contribution in [-0.4, -0.2) is 38.9 Å². The van der Waals surface area contributed by atoms with E-state index in [1.165, 1.54) is 11.8 Å². The van der Waals surface area contributed by atoms with Gasteiger partial charge in [0.1, 0.15) is 11.3 Å². The molecule has 0 aliphatic carbocycles. The van der Waals surface area contributed by atoms with E-state index in [0.717, 1.165) is 46.4 Å². The van der Waals surface area contributed by atoms with Gasteiger partial charge in [-0.15, -0.1) is 20.4 Å². The van der Waals surface area contributed by atoms with Crippen LogP contribution < -0.4 is 5.56 Å². The number of hydrogen-bond acceptors (Lipinski definition) is 7. The molecule has 6 aromatic rings. The maximum absolute atomic E-state index is 12.9. The highest BCUT2D eigenvalue weighted by atomic mass is 32.2. The Morgan fingerprint density at radius 1 is 0.853 bits per heavy atom. The molecule has 0 unspecified atom stereocenters. The van der Waals surface area contributed by atoms with E-state index in [-0.39, 0.29) is 5.56 Å². The van der Waals surface area contributed by atoms with E-state index in [4.69, 9.17) is 4.98 Å². The van der Waals surface area contributed by atoms with Crippen LogP contribution in [0.4, 0.5) is 0 Å². The summed E-state index contributed by atoms with van der Waals surface area (Å²) in [6.45, 7) is 5.47. The Morgan fingerprint density at radius 2 is 1.62 bits per heavy atom. The van der Waals surface area contributed by atoms with Gasteiger partial charge < -0.3 is 4.57 Å². The van der Waals surface area contributed by atoms with E-state index >= 15 is 0 Å². The summed E-state index contributed by atoms with van der Waals surface area (Å²) in [5, 5.41) is 19.9. The van der Waals surface area contributed by atoms with Crippen molar-refractivity contribution >= 4 is 50.5 Å². The first-order valence-electron chi connectivity index (χ1n) is 11.3. The smallest absolute Gasteiger partial charge is 0.262 e. The number of benzene rings is 2. The second-order valence-electron chi connectivity index (χ2n) is 8.04. The van der Waals surface area contributed by atoms with Crippen molar-refractivity contribution in [3.05, 3.63) is 64.7 Å². The molecule has 0 N–H and O–H groups in total. The van der Waals surface area contributed by atoms with Crippen LogP contribution in [0.2, 0.25) is 0 Å². The van der Waals surface area contributed by atoms with Crippen molar-refractivity contribution in [1.82, 2.24) is 38.9 Å². The molecule has 6 rings (SSSR count). The summed E-state index contributed by atoms with van der Waals surface area (Å²) < 4.78 is 5.81. The van der Waals surface area contributed by atoms with Gasteiger partial charge in [0.2, 0.25) is 10.9 Å². The maximum Gasteiger partial charge on any atom is 0.262 e. The zero-order chi connectivity index (χ0) is 23.2. The fraction of sp³-hybridized carbons (Fsp3) is 0.250. The van der Waals surface area contributed by atoms with Gasteiger partial charge >= 0.3 is 0 Å². The third kappa shape index (κ3) is 3.09. The molecule has 0 aliphatic heterocycles. The second-order valence-corrected chi connectivity index (χ2v) is 8.98. The van der Waals surface area contributed by atoms with Gasteiger partial charge in [-0.2, -0.15) is 0 Å². The zero-order valence-corrected chi connectivity index (χ0v) is 19.7. The molecule has 2 aromatic carbocycles. The van der Waals surface area contributed by atoms with Crippen molar-refractivity contribution < 1.29 is 0 Å². The van der Waals surface area contributed by atoms with Crippen molar-refractivity contribution in [2.75, 3.05) is 0 Å². The van der Waals surface area contributed by atoms with E-state index in [0.29, 0.717) is 28.6 Å². The Kier molecular flexibility index (Phi) is 5.02. The molecule has 4 aromatic heterocycles. The van der Waals surface area contributed by atoms with Gasteiger partial charge in [-0.05, 0) is 31.5 Å². The van der Waals surface area contributed by atoms with E-state index in [2.05, 4.69) is 44.0 Å². The molecule has 9 nitrogen and oxygen atoms in total. The molecule has 170 valence electrons. The second kappa shape index (κ2) is 8.21. The SMILES string of the molecule is CCCn1c2ccccc2c2nnc(SCc3nnc4n(CC)c(=O)c5ccccc5n34)nc21. The van der Waals surface area contributed by atoms with Crippen LogP contribution in [-0.2, 0) is 18.8 Å². The molecule has 10 heteroatoms. The fourth-order valence-corrected chi connectivity index (χ4v) is 5.22. The first-order chi connectivity index (χ1) is 16.7. The Balaban J connectivity index is 1.43. The standard InChI is InChI=1S/C24H22N8OS/c1-3-13-31-17-11-7-5-9-15(17)20-21(31)25-23(28-27-20)34-14-19-26-29-24-30(4-2)22(33)16-10-6-8-12-18(16)32(19)24/h5-12H,3-4,13-14H2,1-2H3. The third-order valence-electron chi connectivity index (χ3n) is 6.02. The normalized spacial score (nSPS) is 11.9. The average molecular weight is 471 g/mol. The largest absolute Gasteiger partial charge is 0.324 e. The summed E-state index contributed by atoms with van der Waals surface area (Å²) in [7, 11) is 0. The Bertz CT molecular complexity index is 1750. The molecular weight excluding hydrogens is 448 g/mol. The molecule has 0 fully saturated rings. The number of thioether (sulfide) groups is 1. The molecule has 0 saturated heterocycles. The quantitative estimate of drug-likeness (QED) is 0.339. The Labute approximate surface area is 198 Å². The predicted octanol–water partition coefficient (Wildman–Crippen LogP) is 4.06. The van der Waals surface area contributed by atoms with E-state index in [9.17, 15) is 4.79 Å². The molecule has 0 spiro atoms. The number of hydrogen-bond donors (Lipinski definition) is 0. The van der Waals surface area contributed by atoms with E-state index in [1.54, 1.807) is 4.57 Å². The molecule has 0 amide bonds. The van der Waals surface area contributed by atoms with E-state index < -0.39 is 0 Å². The molecule has 0 bridgehead atoms. The Morgan fingerprint density at radius 3 is 2.41 bits per heavy atom. The fourth-order valence-electron chi connectivity index (χ4n) is 4.52. The number of rotatable bonds is 6. The lowest BCUT2D eigenvalue weighted by molar-refractivity contribution is 0.709. The zero-order valence-electron chi connectivity index (χ0n) is 18.8. The number of aryl methyl sites for hydroxylation is 2. The van der Waals surface area contributed by atoms with Gasteiger partial charge in [0.25, 0.3) is 5.56 Å². The minimum Gasteiger partial charge on any atom is -0.324 e. The average Bonchev–Trinajstić information content (AvgIpc) is 3.43. The first kappa shape index (κ1) is 20.8. The molecule has 4 heterocycles. The highest BCUT2D eigenvalue weighted by Crippen LogP contribution is 2.28. The third-order valence-corrected chi connectivity index (χ3v) is 6.86. The maximum atomic E-state index is 12.9. The summed E-state index contributed by atoms with van der Waals surface area (Å²) in [6, 6.07) is 15.8. The minimum absolute atomic E-state index is 0.0565. The summed E-state index contributed by atoms with van der Waals surface area (Å²) in [5.74, 6) is 1.77. The Hall–Kier alpha value is -3.79. The van der Waals surface area contributed by atoms with Crippen molar-refractivity contribution in [1.29, 1.82) is 0 Å². The number of nitrogens with zero attached hydrogens (tertiary/aromatic N) is 8. The molecule has 0 atom stereocenters. The summed E-state index contributed by atoms with van der Waals surface area (Å²) in [4.78, 5) is 17.8. The number of para-hydroxylation sites is 2. The first-order valence-corrected chi connectivity index (χ1v) is 12.3. The van der Waals surface area contributed by atoms with Gasteiger partial charge in [0.05, 0.1) is 22.2 Å². The monoisotopic (exact) mass is 470 g/mol. The van der Waals surface area contributed by atoms with Crippen LogP contribution >= 0.6 is 11.8 Å². The van der Waals surface area contributed by atoms with Crippen molar-refractivity contribution in [2.45, 2.75) is 44.3 Å². The van der Waals surface area contributed by atoms with Gasteiger partial charge in [-0.25, -0.2) is 4.98 Å². The van der Waals surface area contributed by atoms with Crippen LogP contribution in [0, 0.1) is 0 Å². The summed E-state index contributed by atoms with van der Waals surface area (Å²) in [5.41, 5.74) is 3.52. The molecule has 0 aliphatic rings.